The number of aromatic nitrogens is 4. The van der Waals surface area contributed by atoms with Gasteiger partial charge < -0.3 is 15.8 Å². The summed E-state index contributed by atoms with van der Waals surface area (Å²) in [5.74, 6) is 1.25. The van der Waals surface area contributed by atoms with Crippen LogP contribution in [-0.4, -0.2) is 39.0 Å². The van der Waals surface area contributed by atoms with Gasteiger partial charge in [0.2, 0.25) is 0 Å². The van der Waals surface area contributed by atoms with Gasteiger partial charge in [-0.25, -0.2) is 14.6 Å². The van der Waals surface area contributed by atoms with Crippen LogP contribution in [0.4, 0.5) is 11.5 Å². The van der Waals surface area contributed by atoms with Crippen molar-refractivity contribution in [2.45, 2.75) is 31.4 Å². The Morgan fingerprint density at radius 1 is 1.40 bits per heavy atom. The van der Waals surface area contributed by atoms with Crippen LogP contribution in [0.5, 0.6) is 0 Å². The van der Waals surface area contributed by atoms with Crippen molar-refractivity contribution in [2.75, 3.05) is 18.2 Å². The van der Waals surface area contributed by atoms with Crippen LogP contribution in [0.1, 0.15) is 19.3 Å². The third kappa shape index (κ3) is 2.44. The molecule has 1 saturated carbocycles. The predicted molar refractivity (Wildman–Crippen MR) is 75.6 cm³/mol. The molecule has 0 spiro atoms. The van der Waals surface area contributed by atoms with E-state index in [0.717, 1.165) is 19.3 Å². The summed E-state index contributed by atoms with van der Waals surface area (Å²) < 4.78 is 7.01. The topological polar surface area (TPSA) is 90.9 Å². The van der Waals surface area contributed by atoms with Gasteiger partial charge in [-0.05, 0) is 25.3 Å². The molecule has 1 fully saturated rings. The molecule has 2 unspecified atom stereocenters. The summed E-state index contributed by atoms with van der Waals surface area (Å²) in [4.78, 5) is 8.42. The van der Waals surface area contributed by atoms with Crippen molar-refractivity contribution >= 4 is 11.5 Å². The summed E-state index contributed by atoms with van der Waals surface area (Å²) in [6.07, 6.45) is 8.40. The summed E-state index contributed by atoms with van der Waals surface area (Å²) in [5, 5.41) is 7.52. The average Bonchev–Trinajstić information content (AvgIpc) is 3.12. The van der Waals surface area contributed by atoms with Gasteiger partial charge in [0, 0.05) is 25.5 Å². The number of rotatable bonds is 4. The van der Waals surface area contributed by atoms with Crippen LogP contribution in [0.2, 0.25) is 0 Å². The third-order valence-corrected chi connectivity index (χ3v) is 3.64. The molecule has 2 aromatic heterocycles. The lowest BCUT2D eigenvalue weighted by molar-refractivity contribution is 0.108. The zero-order valence-electron chi connectivity index (χ0n) is 11.4. The first-order valence-corrected chi connectivity index (χ1v) is 6.67. The minimum atomic E-state index is 0.321. The molecule has 7 heteroatoms. The molecule has 7 nitrogen and oxygen atoms in total. The maximum Gasteiger partial charge on any atom is 0.181 e. The van der Waals surface area contributed by atoms with E-state index < -0.39 is 0 Å². The highest BCUT2D eigenvalue weighted by Crippen LogP contribution is 2.27. The molecule has 0 bridgehead atoms. The average molecular weight is 274 g/mol. The Morgan fingerprint density at radius 3 is 3.00 bits per heavy atom. The van der Waals surface area contributed by atoms with Crippen LogP contribution in [0, 0.1) is 0 Å². The first-order chi connectivity index (χ1) is 9.78. The number of methoxy groups -OCH3 is 1. The minimum absolute atomic E-state index is 0.321. The van der Waals surface area contributed by atoms with E-state index >= 15 is 0 Å². The molecular weight excluding hydrogens is 256 g/mol. The van der Waals surface area contributed by atoms with Gasteiger partial charge in [-0.3, -0.25) is 0 Å². The van der Waals surface area contributed by atoms with E-state index in [9.17, 15) is 0 Å². The van der Waals surface area contributed by atoms with Gasteiger partial charge in [0.25, 0.3) is 0 Å². The number of hydrogen-bond acceptors (Lipinski definition) is 6. The molecule has 2 heterocycles. The first-order valence-electron chi connectivity index (χ1n) is 6.67. The Kier molecular flexibility index (Phi) is 3.51. The lowest BCUT2D eigenvalue weighted by Crippen LogP contribution is -2.20. The molecule has 1 aliphatic rings. The van der Waals surface area contributed by atoms with Crippen molar-refractivity contribution in [1.29, 1.82) is 0 Å². The molecule has 0 amide bonds. The Hall–Kier alpha value is -2.15. The van der Waals surface area contributed by atoms with E-state index in [-0.39, 0.29) is 0 Å². The smallest absolute Gasteiger partial charge is 0.181 e. The fourth-order valence-corrected chi connectivity index (χ4v) is 2.56. The largest absolute Gasteiger partial charge is 0.393 e. The van der Waals surface area contributed by atoms with Crippen LogP contribution in [0.15, 0.2) is 24.8 Å². The first kappa shape index (κ1) is 12.9. The maximum atomic E-state index is 6.14. The highest BCUT2D eigenvalue weighted by molar-refractivity contribution is 5.69. The fraction of sp³-hybridized carbons (Fsp3) is 0.462. The Balaban J connectivity index is 1.79. The zero-order chi connectivity index (χ0) is 13.9. The molecule has 3 rings (SSSR count). The third-order valence-electron chi connectivity index (χ3n) is 3.64. The second-order valence-corrected chi connectivity index (χ2v) is 4.92. The van der Waals surface area contributed by atoms with Crippen molar-refractivity contribution in [3.63, 3.8) is 0 Å². The normalized spacial score (nSPS) is 22.1. The summed E-state index contributed by atoms with van der Waals surface area (Å²) in [5.41, 5.74) is 6.65. The van der Waals surface area contributed by atoms with Crippen molar-refractivity contribution in [1.82, 2.24) is 19.7 Å². The van der Waals surface area contributed by atoms with Crippen LogP contribution in [0.25, 0.3) is 5.82 Å². The molecular formula is C13H18N6O. The molecule has 106 valence electrons. The van der Waals surface area contributed by atoms with Gasteiger partial charge in [0.1, 0.15) is 12.0 Å². The van der Waals surface area contributed by atoms with E-state index in [1.165, 1.54) is 6.33 Å². The van der Waals surface area contributed by atoms with Gasteiger partial charge >= 0.3 is 0 Å². The number of nitrogens with two attached hydrogens (primary N) is 1. The van der Waals surface area contributed by atoms with Crippen LogP contribution in [-0.2, 0) is 4.74 Å². The maximum absolute atomic E-state index is 6.14. The van der Waals surface area contributed by atoms with Gasteiger partial charge in [0.15, 0.2) is 11.6 Å². The van der Waals surface area contributed by atoms with E-state index in [2.05, 4.69) is 20.4 Å². The van der Waals surface area contributed by atoms with Gasteiger partial charge in [-0.15, -0.1) is 0 Å². The second-order valence-electron chi connectivity index (χ2n) is 4.92. The molecule has 0 saturated heterocycles. The summed E-state index contributed by atoms with van der Waals surface area (Å²) in [7, 11) is 1.75. The summed E-state index contributed by atoms with van der Waals surface area (Å²) in [6.45, 7) is 0. The molecule has 0 aliphatic heterocycles. The molecule has 0 aromatic carbocycles. The Morgan fingerprint density at radius 2 is 2.30 bits per heavy atom. The van der Waals surface area contributed by atoms with Crippen molar-refractivity contribution in [3.8, 4) is 5.82 Å². The highest BCUT2D eigenvalue weighted by atomic mass is 16.5. The minimum Gasteiger partial charge on any atom is -0.393 e. The van der Waals surface area contributed by atoms with E-state index in [1.807, 2.05) is 6.07 Å². The standard InChI is InChI=1S/C13H18N6O/c1-20-10-4-3-9(7-10)18-12-11(14)13(16-8-15-12)19-6-2-5-17-19/h2,5-6,8-10H,3-4,7,14H2,1H3,(H,15,16,18). The predicted octanol–water partition coefficient (Wildman–Crippen LogP) is 1.22. The van der Waals surface area contributed by atoms with Gasteiger partial charge in [-0.1, -0.05) is 0 Å². The number of nitrogens with zero attached hydrogens (tertiary/aromatic N) is 4. The van der Waals surface area contributed by atoms with Gasteiger partial charge in [0.05, 0.1) is 6.10 Å². The fourth-order valence-electron chi connectivity index (χ4n) is 2.56. The number of nitrogen functional groups attached to an aromatic ring is 1. The van der Waals surface area contributed by atoms with Gasteiger partial charge in [-0.2, -0.15) is 5.10 Å². The van der Waals surface area contributed by atoms with Crippen LogP contribution >= 0.6 is 0 Å². The second kappa shape index (κ2) is 5.46. The number of nitrogens with one attached hydrogen (secondary N) is 1. The molecule has 1 aliphatic carbocycles. The van der Waals surface area contributed by atoms with E-state index in [4.69, 9.17) is 10.5 Å². The summed E-state index contributed by atoms with van der Waals surface area (Å²) in [6, 6.07) is 2.16. The van der Waals surface area contributed by atoms with Crippen molar-refractivity contribution < 1.29 is 4.74 Å². The number of ether oxygens (including phenoxy) is 1. The Bertz CT molecular complexity index is 570. The van der Waals surface area contributed by atoms with E-state index in [1.54, 1.807) is 24.2 Å². The molecule has 2 atom stereocenters. The monoisotopic (exact) mass is 274 g/mol. The van der Waals surface area contributed by atoms with Crippen LogP contribution < -0.4 is 11.1 Å². The highest BCUT2D eigenvalue weighted by Gasteiger charge is 2.25. The van der Waals surface area contributed by atoms with Crippen molar-refractivity contribution in [3.05, 3.63) is 24.8 Å². The quantitative estimate of drug-likeness (QED) is 0.871. The SMILES string of the molecule is COC1CCC(Nc2ncnc(-n3cccn3)c2N)C1. The van der Waals surface area contributed by atoms with E-state index in [0.29, 0.717) is 29.5 Å². The molecule has 20 heavy (non-hydrogen) atoms. The van der Waals surface area contributed by atoms with Crippen molar-refractivity contribution in [2.24, 2.45) is 0 Å². The number of anilines is 2. The lowest BCUT2D eigenvalue weighted by Gasteiger charge is -2.16. The molecule has 0 radical (unpaired) electrons. The van der Waals surface area contributed by atoms with Crippen LogP contribution in [0.3, 0.4) is 0 Å². The summed E-state index contributed by atoms with van der Waals surface area (Å²) >= 11 is 0. The Labute approximate surface area is 117 Å². The lowest BCUT2D eigenvalue weighted by atomic mass is 10.2. The molecule has 3 N–H and O–H groups in total. The number of hydrogen-bond donors (Lipinski definition) is 2. The molecule has 2 aromatic rings. The zero-order valence-corrected chi connectivity index (χ0v) is 11.4.